The molecule has 0 aliphatic heterocycles. The minimum atomic E-state index is -0.502. The Labute approximate surface area is 151 Å². The van der Waals surface area contributed by atoms with Gasteiger partial charge in [0.15, 0.2) is 0 Å². The van der Waals surface area contributed by atoms with Gasteiger partial charge in [0.1, 0.15) is 17.9 Å². The first-order chi connectivity index (χ1) is 12.5. The van der Waals surface area contributed by atoms with Gasteiger partial charge in [-0.15, -0.1) is 0 Å². The zero-order valence-electron chi connectivity index (χ0n) is 14.9. The van der Waals surface area contributed by atoms with Gasteiger partial charge in [0, 0.05) is 23.1 Å². The lowest BCUT2D eigenvalue weighted by molar-refractivity contribution is 0.0474. The van der Waals surface area contributed by atoms with Gasteiger partial charge in [-0.2, -0.15) is 0 Å². The SMILES string of the molecule is COc1ccc2c(COC(=O)c3ccc(C(C)C)cc3)cc(=O)oc2c1. The predicted molar refractivity (Wildman–Crippen MR) is 98.7 cm³/mol. The van der Waals surface area contributed by atoms with E-state index < -0.39 is 11.6 Å². The van der Waals surface area contributed by atoms with Crippen LogP contribution < -0.4 is 10.4 Å². The summed E-state index contributed by atoms with van der Waals surface area (Å²) in [6.07, 6.45) is 0. The minimum Gasteiger partial charge on any atom is -0.497 e. The zero-order valence-corrected chi connectivity index (χ0v) is 14.9. The Morgan fingerprint density at radius 2 is 1.81 bits per heavy atom. The third kappa shape index (κ3) is 3.77. The molecule has 0 saturated heterocycles. The first kappa shape index (κ1) is 17.7. The predicted octanol–water partition coefficient (Wildman–Crippen LogP) is 4.28. The highest BCUT2D eigenvalue weighted by Gasteiger charge is 2.12. The van der Waals surface area contributed by atoms with Crippen LogP contribution in [0.3, 0.4) is 0 Å². The molecule has 0 atom stereocenters. The van der Waals surface area contributed by atoms with Crippen LogP contribution in [-0.2, 0) is 11.3 Å². The first-order valence-electron chi connectivity index (χ1n) is 8.36. The molecule has 3 rings (SSSR count). The van der Waals surface area contributed by atoms with Gasteiger partial charge in [0.2, 0.25) is 0 Å². The molecule has 5 heteroatoms. The summed E-state index contributed by atoms with van der Waals surface area (Å²) in [6.45, 7) is 4.17. The quantitative estimate of drug-likeness (QED) is 0.506. The largest absolute Gasteiger partial charge is 0.497 e. The molecule has 0 amide bonds. The standard InChI is InChI=1S/C21H20O5/c1-13(2)14-4-6-15(7-5-14)21(23)25-12-16-10-20(22)26-19-11-17(24-3)8-9-18(16)19/h4-11,13H,12H2,1-3H3. The second-order valence-corrected chi connectivity index (χ2v) is 6.31. The lowest BCUT2D eigenvalue weighted by Crippen LogP contribution is -2.08. The molecule has 0 bridgehead atoms. The van der Waals surface area contributed by atoms with E-state index >= 15 is 0 Å². The summed E-state index contributed by atoms with van der Waals surface area (Å²) in [5, 5.41) is 0.702. The van der Waals surface area contributed by atoms with Gasteiger partial charge in [-0.25, -0.2) is 9.59 Å². The average molecular weight is 352 g/mol. The molecular weight excluding hydrogens is 332 g/mol. The van der Waals surface area contributed by atoms with Crippen LogP contribution in [0.2, 0.25) is 0 Å². The summed E-state index contributed by atoms with van der Waals surface area (Å²) in [4.78, 5) is 24.0. The topological polar surface area (TPSA) is 65.7 Å². The summed E-state index contributed by atoms with van der Waals surface area (Å²) < 4.78 is 15.7. The maximum atomic E-state index is 12.3. The fourth-order valence-electron chi connectivity index (χ4n) is 2.69. The van der Waals surface area contributed by atoms with E-state index in [1.54, 1.807) is 30.3 Å². The Morgan fingerprint density at radius 3 is 2.46 bits per heavy atom. The molecule has 5 nitrogen and oxygen atoms in total. The second kappa shape index (κ2) is 7.44. The Balaban J connectivity index is 1.80. The van der Waals surface area contributed by atoms with E-state index in [9.17, 15) is 9.59 Å². The number of methoxy groups -OCH3 is 1. The molecule has 1 aromatic heterocycles. The number of fused-ring (bicyclic) bond motifs is 1. The zero-order chi connectivity index (χ0) is 18.7. The number of hydrogen-bond donors (Lipinski definition) is 0. The number of rotatable bonds is 5. The van der Waals surface area contributed by atoms with E-state index in [-0.39, 0.29) is 6.61 Å². The summed E-state index contributed by atoms with van der Waals surface area (Å²) in [5.41, 5.74) is 2.11. The van der Waals surface area contributed by atoms with Crippen LogP contribution >= 0.6 is 0 Å². The number of carbonyl (C=O) groups is 1. The maximum absolute atomic E-state index is 12.3. The Bertz CT molecular complexity index is 983. The van der Waals surface area contributed by atoms with Crippen LogP contribution in [0, 0.1) is 0 Å². The lowest BCUT2D eigenvalue weighted by Gasteiger charge is -2.09. The van der Waals surface area contributed by atoms with E-state index in [4.69, 9.17) is 13.9 Å². The van der Waals surface area contributed by atoms with E-state index in [2.05, 4.69) is 13.8 Å². The van der Waals surface area contributed by atoms with Gasteiger partial charge >= 0.3 is 11.6 Å². The van der Waals surface area contributed by atoms with Crippen molar-refractivity contribution in [3.63, 3.8) is 0 Å². The molecule has 0 aliphatic rings. The fourth-order valence-corrected chi connectivity index (χ4v) is 2.69. The molecule has 1 heterocycles. The van der Waals surface area contributed by atoms with E-state index in [0.717, 1.165) is 5.56 Å². The molecule has 0 spiro atoms. The van der Waals surface area contributed by atoms with E-state index in [1.165, 1.54) is 13.2 Å². The molecule has 0 saturated carbocycles. The molecule has 0 radical (unpaired) electrons. The average Bonchev–Trinajstić information content (AvgIpc) is 2.65. The number of ether oxygens (including phenoxy) is 2. The number of carbonyl (C=O) groups excluding carboxylic acids is 1. The van der Waals surface area contributed by atoms with Gasteiger partial charge in [0.05, 0.1) is 12.7 Å². The van der Waals surface area contributed by atoms with Crippen molar-refractivity contribution in [1.29, 1.82) is 0 Å². The van der Waals surface area contributed by atoms with Gasteiger partial charge in [-0.05, 0) is 35.7 Å². The number of hydrogen-bond acceptors (Lipinski definition) is 5. The lowest BCUT2D eigenvalue weighted by atomic mass is 10.0. The van der Waals surface area contributed by atoms with Crippen LogP contribution in [0.4, 0.5) is 0 Å². The molecule has 2 aromatic carbocycles. The Morgan fingerprint density at radius 1 is 1.08 bits per heavy atom. The summed E-state index contributed by atoms with van der Waals surface area (Å²) in [7, 11) is 1.54. The monoisotopic (exact) mass is 352 g/mol. The maximum Gasteiger partial charge on any atom is 0.338 e. The van der Waals surface area contributed by atoms with Crippen molar-refractivity contribution >= 4 is 16.9 Å². The first-order valence-corrected chi connectivity index (χ1v) is 8.36. The highest BCUT2D eigenvalue weighted by molar-refractivity contribution is 5.89. The third-order valence-corrected chi connectivity index (χ3v) is 4.21. The molecule has 134 valence electrons. The van der Waals surface area contributed by atoms with Crippen LogP contribution in [0.5, 0.6) is 5.75 Å². The summed E-state index contributed by atoms with van der Waals surface area (Å²) in [6, 6.07) is 13.8. The minimum absolute atomic E-state index is 0.0147. The normalized spacial score (nSPS) is 10.9. The summed E-state index contributed by atoms with van der Waals surface area (Å²) in [5.74, 6) is 0.544. The van der Waals surface area contributed by atoms with Crippen LogP contribution in [-0.4, -0.2) is 13.1 Å². The Hall–Kier alpha value is -3.08. The van der Waals surface area contributed by atoms with Gasteiger partial charge in [0.25, 0.3) is 0 Å². The van der Waals surface area contributed by atoms with Gasteiger partial charge in [-0.3, -0.25) is 0 Å². The van der Waals surface area contributed by atoms with Crippen LogP contribution in [0.15, 0.2) is 57.7 Å². The van der Waals surface area contributed by atoms with Crippen molar-refractivity contribution in [2.45, 2.75) is 26.4 Å². The van der Waals surface area contributed by atoms with E-state index in [0.29, 0.717) is 33.8 Å². The molecule has 3 aromatic rings. The molecular formula is C21H20O5. The molecule has 0 fully saturated rings. The Kier molecular flexibility index (Phi) is 5.07. The van der Waals surface area contributed by atoms with Crippen LogP contribution in [0.25, 0.3) is 11.0 Å². The molecule has 0 N–H and O–H groups in total. The third-order valence-electron chi connectivity index (χ3n) is 4.21. The smallest absolute Gasteiger partial charge is 0.338 e. The van der Waals surface area contributed by atoms with Gasteiger partial charge in [-0.1, -0.05) is 26.0 Å². The van der Waals surface area contributed by atoms with Crippen molar-refractivity contribution in [2.75, 3.05) is 7.11 Å². The second-order valence-electron chi connectivity index (χ2n) is 6.31. The summed E-state index contributed by atoms with van der Waals surface area (Å²) >= 11 is 0. The van der Waals surface area contributed by atoms with Crippen molar-refractivity contribution in [3.05, 3.63) is 75.6 Å². The van der Waals surface area contributed by atoms with Crippen LogP contribution in [0.1, 0.15) is 41.3 Å². The van der Waals surface area contributed by atoms with Crippen molar-refractivity contribution < 1.29 is 18.7 Å². The molecule has 26 heavy (non-hydrogen) atoms. The number of benzene rings is 2. The van der Waals surface area contributed by atoms with Crippen molar-refractivity contribution in [1.82, 2.24) is 0 Å². The van der Waals surface area contributed by atoms with E-state index in [1.807, 2.05) is 12.1 Å². The number of esters is 1. The van der Waals surface area contributed by atoms with Gasteiger partial charge < -0.3 is 13.9 Å². The highest BCUT2D eigenvalue weighted by Crippen LogP contribution is 2.23. The fraction of sp³-hybridized carbons (Fsp3) is 0.238. The highest BCUT2D eigenvalue weighted by atomic mass is 16.5. The van der Waals surface area contributed by atoms with Crippen molar-refractivity contribution in [3.8, 4) is 5.75 Å². The van der Waals surface area contributed by atoms with Crippen molar-refractivity contribution in [2.24, 2.45) is 0 Å². The molecule has 0 aliphatic carbocycles. The molecule has 0 unspecified atom stereocenters.